The molecular weight excluding hydrogens is 444 g/mol. The summed E-state index contributed by atoms with van der Waals surface area (Å²) in [5, 5.41) is 2.71. The number of hydrogen-bond acceptors (Lipinski definition) is 0. The van der Waals surface area contributed by atoms with E-state index in [1.807, 2.05) is 25.2 Å². The highest BCUT2D eigenvalue weighted by Crippen LogP contribution is 2.52. The van der Waals surface area contributed by atoms with Crippen molar-refractivity contribution in [2.75, 3.05) is 0 Å². The van der Waals surface area contributed by atoms with Gasteiger partial charge in [0, 0.05) is 11.0 Å². The molecule has 0 heterocycles. The van der Waals surface area contributed by atoms with Gasteiger partial charge in [-0.15, -0.1) is 6.42 Å². The van der Waals surface area contributed by atoms with Gasteiger partial charge in [-0.3, -0.25) is 0 Å². The summed E-state index contributed by atoms with van der Waals surface area (Å²) in [7, 11) is 0. The van der Waals surface area contributed by atoms with Crippen LogP contribution in [0, 0.1) is 26.2 Å². The molecule has 0 aromatic heterocycles. The average molecular weight is 479 g/mol. The lowest BCUT2D eigenvalue weighted by atomic mass is 9.80. The van der Waals surface area contributed by atoms with Crippen LogP contribution < -0.4 is 0 Å². The zero-order valence-corrected chi connectivity index (χ0v) is 22.6. The molecular formula is C37H34. The van der Waals surface area contributed by atoms with E-state index >= 15 is 0 Å². The van der Waals surface area contributed by atoms with Gasteiger partial charge in [0.15, 0.2) is 0 Å². The van der Waals surface area contributed by atoms with E-state index in [1.54, 1.807) is 0 Å². The molecule has 0 heteroatoms. The third-order valence-corrected chi connectivity index (χ3v) is 7.92. The Morgan fingerprint density at radius 2 is 1.59 bits per heavy atom. The van der Waals surface area contributed by atoms with Crippen molar-refractivity contribution in [1.29, 1.82) is 0 Å². The van der Waals surface area contributed by atoms with Crippen LogP contribution in [-0.2, 0) is 11.8 Å². The van der Waals surface area contributed by atoms with Crippen molar-refractivity contribution in [1.82, 2.24) is 0 Å². The van der Waals surface area contributed by atoms with Crippen molar-refractivity contribution in [3.63, 3.8) is 0 Å². The fourth-order valence-corrected chi connectivity index (χ4v) is 6.04. The summed E-state index contributed by atoms with van der Waals surface area (Å²) in [6.07, 6.45) is 12.5. The molecule has 0 amide bonds. The van der Waals surface area contributed by atoms with Crippen LogP contribution in [0.4, 0.5) is 0 Å². The Kier molecular flexibility index (Phi) is 6.26. The first-order chi connectivity index (χ1) is 17.8. The maximum absolute atomic E-state index is 5.78. The van der Waals surface area contributed by atoms with Crippen molar-refractivity contribution in [2.24, 2.45) is 0 Å². The van der Waals surface area contributed by atoms with E-state index in [4.69, 9.17) is 6.42 Å². The Morgan fingerprint density at radius 1 is 0.892 bits per heavy atom. The molecule has 0 radical (unpaired) electrons. The van der Waals surface area contributed by atoms with Crippen LogP contribution in [0.1, 0.15) is 59.7 Å². The van der Waals surface area contributed by atoms with Crippen LogP contribution in [0.2, 0.25) is 0 Å². The number of hydrogen-bond donors (Lipinski definition) is 0. The fourth-order valence-electron chi connectivity index (χ4n) is 6.04. The molecule has 37 heavy (non-hydrogen) atoms. The van der Waals surface area contributed by atoms with Gasteiger partial charge in [0.2, 0.25) is 0 Å². The van der Waals surface area contributed by atoms with Gasteiger partial charge in [0.05, 0.1) is 0 Å². The Bertz CT molecular complexity index is 1660. The van der Waals surface area contributed by atoms with E-state index in [1.165, 1.54) is 55.3 Å². The Balaban J connectivity index is 1.54. The Labute approximate surface area is 222 Å². The fraction of sp³-hybridized carbons (Fsp3) is 0.189. The highest BCUT2D eigenvalue weighted by molar-refractivity contribution is 6.03. The molecule has 0 unspecified atom stereocenters. The maximum Gasteiger partial charge on any atom is 0.0317 e. The molecule has 4 aromatic rings. The molecule has 1 aliphatic rings. The van der Waals surface area contributed by atoms with Gasteiger partial charge in [-0.05, 0) is 93.6 Å². The van der Waals surface area contributed by atoms with Crippen molar-refractivity contribution in [2.45, 2.75) is 46.5 Å². The first-order valence-electron chi connectivity index (χ1n) is 13.0. The van der Waals surface area contributed by atoms with Gasteiger partial charge in [-0.1, -0.05) is 111 Å². The first-order valence-corrected chi connectivity index (χ1v) is 13.0. The highest BCUT2D eigenvalue weighted by Gasteiger charge is 2.36. The van der Waals surface area contributed by atoms with Crippen LogP contribution in [0.25, 0.3) is 27.5 Å². The first kappa shape index (κ1) is 24.6. The standard InChI is InChI=1S/C37H34/c1-8-13-28(9-2)29(10-3)31-18-16-26(20-24(31)4)22-27-17-19-33-34(23-27)37(6,7)35-21-25(5)30-14-11-12-15-32(30)36(33)35/h2,8,10-21,23H,3,22H2,1,4-7H3/b13-8-,29-28+. The van der Waals surface area contributed by atoms with Crippen LogP contribution in [0.3, 0.4) is 0 Å². The molecule has 0 fully saturated rings. The van der Waals surface area contributed by atoms with Crippen molar-refractivity contribution >= 4 is 16.3 Å². The molecule has 0 spiro atoms. The maximum atomic E-state index is 5.78. The molecule has 0 N–H and O–H groups in total. The quantitative estimate of drug-likeness (QED) is 0.198. The topological polar surface area (TPSA) is 0 Å². The summed E-state index contributed by atoms with van der Waals surface area (Å²) in [6.45, 7) is 15.1. The predicted molar refractivity (Wildman–Crippen MR) is 161 cm³/mol. The molecule has 0 bridgehead atoms. The Hall–Kier alpha value is -4.08. The summed E-state index contributed by atoms with van der Waals surface area (Å²) in [5.41, 5.74) is 13.8. The summed E-state index contributed by atoms with van der Waals surface area (Å²) in [6, 6.07) is 25.0. The molecule has 1 aliphatic carbocycles. The number of aryl methyl sites for hydroxylation is 2. The number of benzene rings is 4. The lowest BCUT2D eigenvalue weighted by molar-refractivity contribution is 0.659. The van der Waals surface area contributed by atoms with E-state index in [0.717, 1.165) is 23.1 Å². The van der Waals surface area contributed by atoms with Crippen LogP contribution >= 0.6 is 0 Å². The molecule has 0 saturated heterocycles. The summed E-state index contributed by atoms with van der Waals surface area (Å²) >= 11 is 0. The van der Waals surface area contributed by atoms with E-state index in [-0.39, 0.29) is 5.41 Å². The lowest BCUT2D eigenvalue weighted by Crippen LogP contribution is -2.15. The van der Waals surface area contributed by atoms with Crippen molar-refractivity contribution in [3.8, 4) is 23.5 Å². The van der Waals surface area contributed by atoms with E-state index in [0.29, 0.717) is 0 Å². The Morgan fingerprint density at radius 3 is 2.27 bits per heavy atom. The number of allylic oxidation sites excluding steroid dienone is 5. The van der Waals surface area contributed by atoms with E-state index < -0.39 is 0 Å². The number of fused-ring (bicyclic) bond motifs is 5. The van der Waals surface area contributed by atoms with Gasteiger partial charge in [0.25, 0.3) is 0 Å². The molecule has 4 aromatic carbocycles. The van der Waals surface area contributed by atoms with Gasteiger partial charge in [-0.2, -0.15) is 0 Å². The smallest absolute Gasteiger partial charge is 0.0317 e. The molecule has 0 aliphatic heterocycles. The molecule has 182 valence electrons. The van der Waals surface area contributed by atoms with Crippen molar-refractivity contribution in [3.05, 3.63) is 136 Å². The molecule has 5 rings (SSSR count). The van der Waals surface area contributed by atoms with Gasteiger partial charge in [0.1, 0.15) is 0 Å². The number of rotatable bonds is 5. The summed E-state index contributed by atoms with van der Waals surface area (Å²) in [5.74, 6) is 2.81. The molecule has 0 saturated carbocycles. The van der Waals surface area contributed by atoms with Gasteiger partial charge >= 0.3 is 0 Å². The summed E-state index contributed by atoms with van der Waals surface area (Å²) < 4.78 is 0. The second-order valence-corrected chi connectivity index (χ2v) is 10.7. The third-order valence-electron chi connectivity index (χ3n) is 7.92. The monoisotopic (exact) mass is 478 g/mol. The van der Waals surface area contributed by atoms with E-state index in [2.05, 4.69) is 107 Å². The second kappa shape index (κ2) is 9.42. The minimum atomic E-state index is -0.0304. The minimum absolute atomic E-state index is 0.0304. The summed E-state index contributed by atoms with van der Waals surface area (Å²) in [4.78, 5) is 0. The molecule has 0 atom stereocenters. The number of terminal acetylenes is 1. The minimum Gasteiger partial charge on any atom is -0.115 e. The lowest BCUT2D eigenvalue weighted by Gasteiger charge is -2.23. The van der Waals surface area contributed by atoms with Crippen LogP contribution in [-0.4, -0.2) is 0 Å². The molecule has 0 nitrogen and oxygen atoms in total. The van der Waals surface area contributed by atoms with Gasteiger partial charge < -0.3 is 0 Å². The zero-order chi connectivity index (χ0) is 26.3. The predicted octanol–water partition coefficient (Wildman–Crippen LogP) is 9.50. The third kappa shape index (κ3) is 4.06. The van der Waals surface area contributed by atoms with Crippen molar-refractivity contribution < 1.29 is 0 Å². The average Bonchev–Trinajstić information content (AvgIpc) is 3.11. The van der Waals surface area contributed by atoms with Gasteiger partial charge in [-0.25, -0.2) is 0 Å². The van der Waals surface area contributed by atoms with E-state index in [9.17, 15) is 0 Å². The van der Waals surface area contributed by atoms with Crippen LogP contribution in [0.15, 0.2) is 97.1 Å². The largest absolute Gasteiger partial charge is 0.115 e. The van der Waals surface area contributed by atoms with Crippen LogP contribution in [0.5, 0.6) is 0 Å². The highest BCUT2D eigenvalue weighted by atomic mass is 14.4. The zero-order valence-electron chi connectivity index (χ0n) is 22.6. The second-order valence-electron chi connectivity index (χ2n) is 10.7. The normalized spacial score (nSPS) is 14.3. The SMILES string of the molecule is C#CC(/C=C\C)=C(/C=C)c1ccc(Cc2ccc3c(c2)C(C)(C)c2cc(C)c4ccccc4c2-3)cc1C.